The average molecular weight is 184 g/mol. The second-order valence-corrected chi connectivity index (χ2v) is 7.85. The molecule has 0 saturated heterocycles. The van der Waals surface area contributed by atoms with Gasteiger partial charge in [0.05, 0.1) is 0 Å². The first-order valence-corrected chi connectivity index (χ1v) is 7.68. The van der Waals surface area contributed by atoms with Crippen LogP contribution in [-0.2, 0) is 12.3 Å². The molecular formula is CH12O3Si4. The summed E-state index contributed by atoms with van der Waals surface area (Å²) in [6.07, 6.45) is 0. The molecule has 0 fully saturated rings. The summed E-state index contributed by atoms with van der Waals surface area (Å²) < 4.78 is 15.2. The maximum Gasteiger partial charge on any atom is 0.284 e. The largest absolute Gasteiger partial charge is 0.449 e. The van der Waals surface area contributed by atoms with E-state index >= 15 is 0 Å². The predicted molar refractivity (Wildman–Crippen MR) is 44.7 cm³/mol. The van der Waals surface area contributed by atoms with E-state index in [0.717, 1.165) is 10.5 Å². The van der Waals surface area contributed by atoms with E-state index in [1.807, 2.05) is 0 Å². The normalized spacial score (nSPS) is 14.6. The highest BCUT2D eigenvalue weighted by molar-refractivity contribution is 6.44. The van der Waals surface area contributed by atoms with Gasteiger partial charge in [-0.05, 0) is 0 Å². The summed E-state index contributed by atoms with van der Waals surface area (Å²) in [5.74, 6) is 0. The van der Waals surface area contributed by atoms with Crippen LogP contribution in [0, 0.1) is 0 Å². The Hall–Kier alpha value is 0.748. The van der Waals surface area contributed by atoms with Gasteiger partial charge in [-0.25, -0.2) is 0 Å². The Balaban J connectivity index is 2.53. The molecule has 0 rings (SSSR count). The standard InChI is InChI=1S/CH12O3Si4/c1-6-3-8-4-7-2-5/h6-8H2,1,5H3. The average Bonchev–Trinajstić information content (AvgIpc) is 1.81. The third-order valence-corrected chi connectivity index (χ3v) is 5.15. The van der Waals surface area contributed by atoms with Crippen LogP contribution in [0.3, 0.4) is 0 Å². The molecule has 3 nitrogen and oxygen atoms in total. The van der Waals surface area contributed by atoms with Crippen LogP contribution in [0.1, 0.15) is 0 Å². The van der Waals surface area contributed by atoms with Crippen molar-refractivity contribution in [3.63, 3.8) is 0 Å². The van der Waals surface area contributed by atoms with Crippen molar-refractivity contribution in [2.24, 2.45) is 0 Å². The van der Waals surface area contributed by atoms with Crippen molar-refractivity contribution in [1.29, 1.82) is 0 Å². The van der Waals surface area contributed by atoms with Gasteiger partial charge in [-0.2, -0.15) is 0 Å². The van der Waals surface area contributed by atoms with Gasteiger partial charge in [0.2, 0.25) is 0 Å². The van der Waals surface area contributed by atoms with Gasteiger partial charge in [0.25, 0.3) is 20.0 Å². The fourth-order valence-electron chi connectivity index (χ4n) is 0.260. The van der Waals surface area contributed by atoms with Gasteiger partial charge < -0.3 is 12.3 Å². The van der Waals surface area contributed by atoms with Gasteiger partial charge in [0, 0.05) is 0 Å². The second kappa shape index (κ2) is 7.75. The summed E-state index contributed by atoms with van der Waals surface area (Å²) in [6, 6.07) is 0. The smallest absolute Gasteiger partial charge is 0.284 e. The molecule has 0 amide bonds. The third kappa shape index (κ3) is 6.75. The van der Waals surface area contributed by atoms with Crippen LogP contribution in [0.5, 0.6) is 0 Å². The minimum Gasteiger partial charge on any atom is -0.449 e. The lowest BCUT2D eigenvalue weighted by Gasteiger charge is -1.99. The van der Waals surface area contributed by atoms with E-state index in [9.17, 15) is 0 Å². The van der Waals surface area contributed by atoms with Gasteiger partial charge in [0.1, 0.15) is 20.2 Å². The van der Waals surface area contributed by atoms with Crippen LogP contribution in [0.15, 0.2) is 0 Å². The summed E-state index contributed by atoms with van der Waals surface area (Å²) in [5.41, 5.74) is 0. The lowest BCUT2D eigenvalue weighted by atomic mass is 11.9. The maximum atomic E-state index is 5.16. The van der Waals surface area contributed by atoms with E-state index in [-0.39, 0.29) is 9.76 Å². The fourth-order valence-corrected chi connectivity index (χ4v) is 4.90. The Labute approximate surface area is 59.7 Å². The van der Waals surface area contributed by atoms with Gasteiger partial charge in [-0.15, -0.1) is 0 Å². The molecule has 0 bridgehead atoms. The van der Waals surface area contributed by atoms with E-state index in [1.54, 1.807) is 0 Å². The van der Waals surface area contributed by atoms with Crippen molar-refractivity contribution in [3.8, 4) is 0 Å². The zero-order chi connectivity index (χ0) is 6.24. The Morgan fingerprint density at radius 1 is 1.25 bits per heavy atom. The first-order valence-electron chi connectivity index (χ1n) is 2.56. The van der Waals surface area contributed by atoms with Crippen molar-refractivity contribution in [1.82, 2.24) is 0 Å². The second-order valence-electron chi connectivity index (χ2n) is 1.22. The Kier molecular flexibility index (Phi) is 8.47. The van der Waals surface area contributed by atoms with Crippen molar-refractivity contribution in [2.75, 3.05) is 0 Å². The summed E-state index contributed by atoms with van der Waals surface area (Å²) in [5, 5.41) is 0. The van der Waals surface area contributed by atoms with Crippen LogP contribution in [0.4, 0.5) is 0 Å². The maximum absolute atomic E-state index is 5.16. The molecule has 0 saturated carbocycles. The molecule has 0 aliphatic carbocycles. The third-order valence-electron chi connectivity index (χ3n) is 0.572. The fraction of sp³-hybridized carbons (Fsp3) is 1.00. The molecule has 0 heterocycles. The first-order chi connectivity index (χ1) is 3.91. The highest BCUT2D eigenvalue weighted by Crippen LogP contribution is 1.68. The zero-order valence-corrected chi connectivity index (χ0v) is 11.6. The highest BCUT2D eigenvalue weighted by atomic mass is 28.4. The summed E-state index contributed by atoms with van der Waals surface area (Å²) >= 11 is 0. The molecule has 0 radical (unpaired) electrons. The minimum absolute atomic E-state index is 0.199. The lowest BCUT2D eigenvalue weighted by molar-refractivity contribution is 0.440. The van der Waals surface area contributed by atoms with Gasteiger partial charge in [-0.3, -0.25) is 0 Å². The Morgan fingerprint density at radius 2 is 2.00 bits per heavy atom. The van der Waals surface area contributed by atoms with E-state index in [0.29, 0.717) is 0 Å². The first kappa shape index (κ1) is 8.75. The molecular weight excluding hydrogens is 172 g/mol. The van der Waals surface area contributed by atoms with Crippen LogP contribution >= 0.6 is 0 Å². The van der Waals surface area contributed by atoms with Gasteiger partial charge in [0.15, 0.2) is 0 Å². The quantitative estimate of drug-likeness (QED) is 0.327. The Morgan fingerprint density at radius 3 is 2.50 bits per heavy atom. The monoisotopic (exact) mass is 184 g/mol. The lowest BCUT2D eigenvalue weighted by Crippen LogP contribution is -2.10. The van der Waals surface area contributed by atoms with Crippen LogP contribution in [0.2, 0.25) is 6.55 Å². The molecule has 0 unspecified atom stereocenters. The van der Waals surface area contributed by atoms with E-state index < -0.39 is 20.0 Å². The topological polar surface area (TPSA) is 27.7 Å². The molecule has 0 aromatic heterocycles. The van der Waals surface area contributed by atoms with Crippen molar-refractivity contribution < 1.29 is 12.3 Å². The molecule has 0 aromatic carbocycles. The summed E-state index contributed by atoms with van der Waals surface area (Å²) in [6.45, 7) is 2.11. The van der Waals surface area contributed by atoms with E-state index in [4.69, 9.17) is 12.3 Å². The van der Waals surface area contributed by atoms with Gasteiger partial charge in [-0.1, -0.05) is 6.55 Å². The van der Waals surface area contributed by atoms with E-state index in [2.05, 4.69) is 6.55 Å². The molecule has 8 heavy (non-hydrogen) atoms. The summed E-state index contributed by atoms with van der Waals surface area (Å²) in [4.78, 5) is 0. The molecule has 0 aliphatic heterocycles. The van der Waals surface area contributed by atoms with Crippen molar-refractivity contribution in [3.05, 3.63) is 0 Å². The molecule has 7 heteroatoms. The van der Waals surface area contributed by atoms with E-state index in [1.165, 1.54) is 0 Å². The Bertz CT molecular complexity index is 36.3. The van der Waals surface area contributed by atoms with Crippen LogP contribution in [0.25, 0.3) is 0 Å². The highest BCUT2D eigenvalue weighted by Gasteiger charge is 1.83. The van der Waals surface area contributed by atoms with Crippen LogP contribution < -0.4 is 0 Å². The van der Waals surface area contributed by atoms with Crippen LogP contribution in [-0.4, -0.2) is 40.3 Å². The molecule has 50 valence electrons. The molecule has 0 aromatic rings. The molecule has 0 aliphatic rings. The van der Waals surface area contributed by atoms with Crippen molar-refractivity contribution in [2.45, 2.75) is 6.55 Å². The zero-order valence-electron chi connectivity index (χ0n) is 5.35. The molecule has 0 N–H and O–H groups in total. The van der Waals surface area contributed by atoms with Gasteiger partial charge >= 0.3 is 0 Å². The summed E-state index contributed by atoms with van der Waals surface area (Å²) in [7, 11) is -0.534. The predicted octanol–water partition coefficient (Wildman–Crippen LogP) is -3.55. The minimum atomic E-state index is -0.579. The van der Waals surface area contributed by atoms with Crippen molar-refractivity contribution >= 4 is 40.3 Å². The SMILES string of the molecule is C[SiH2]O[SiH2]O[SiH2]O[SiH3]. The molecule has 0 atom stereocenters. The number of hydrogen-bond donors (Lipinski definition) is 0. The number of hydrogen-bond acceptors (Lipinski definition) is 3. The number of rotatable bonds is 5. The molecule has 0 spiro atoms.